The van der Waals surface area contributed by atoms with Crippen LogP contribution in [0.3, 0.4) is 0 Å². The molecule has 2 aromatic rings. The van der Waals surface area contributed by atoms with Crippen molar-refractivity contribution in [3.63, 3.8) is 0 Å². The van der Waals surface area contributed by atoms with Crippen LogP contribution in [-0.4, -0.2) is 5.11 Å². The highest BCUT2D eigenvalue weighted by Gasteiger charge is 2.13. The summed E-state index contributed by atoms with van der Waals surface area (Å²) in [4.78, 5) is 1.90. The molecule has 0 aliphatic carbocycles. The molecule has 0 spiro atoms. The Bertz CT molecular complexity index is 461. The van der Waals surface area contributed by atoms with Gasteiger partial charge in [-0.2, -0.15) is 5.53 Å². The molecule has 0 atom stereocenters. The number of rotatable bonds is 3. The van der Waals surface area contributed by atoms with E-state index in [0.29, 0.717) is 5.11 Å². The molecule has 0 unspecified atom stereocenters. The molecule has 0 amide bonds. The first-order valence-electron chi connectivity index (χ1n) is 5.48. The highest BCUT2D eigenvalue weighted by Crippen LogP contribution is 2.24. The third kappa shape index (κ3) is 2.84. The predicted molar refractivity (Wildman–Crippen MR) is 78.1 cm³/mol. The van der Waals surface area contributed by atoms with E-state index in [4.69, 9.17) is 18.1 Å². The lowest BCUT2D eigenvalue weighted by molar-refractivity contribution is 0.697. The van der Waals surface area contributed by atoms with Gasteiger partial charge in [-0.3, -0.25) is 16.2 Å². The van der Waals surface area contributed by atoms with Gasteiger partial charge < -0.3 is 0 Å². The minimum absolute atomic E-state index is 0.481. The Kier molecular flexibility index (Phi) is 4.25. The fraction of sp³-hybridized carbons (Fsp3) is 0. The van der Waals surface area contributed by atoms with Crippen LogP contribution in [0.1, 0.15) is 0 Å². The van der Waals surface area contributed by atoms with Crippen LogP contribution in [0.15, 0.2) is 60.7 Å². The third-order valence-corrected chi connectivity index (χ3v) is 2.70. The number of nitrogens with zero attached hydrogens (tertiary/aromatic N) is 1. The van der Waals surface area contributed by atoms with Gasteiger partial charge in [0.25, 0.3) is 0 Å². The normalized spacial score (nSPS) is 9.83. The second-order valence-corrected chi connectivity index (χ2v) is 3.97. The zero-order valence-electron chi connectivity index (χ0n) is 9.71. The molecule has 0 radical (unpaired) electrons. The number of thiocarbonyl (C=S) groups is 1. The smallest absolute Gasteiger partial charge is 0.193 e. The SMILES string of the molecule is NNNC(=S)N(c1ccccc1)c1ccccc1. The van der Waals surface area contributed by atoms with Gasteiger partial charge in [0.15, 0.2) is 5.11 Å². The molecule has 0 aromatic heterocycles. The van der Waals surface area contributed by atoms with Crippen molar-refractivity contribution in [1.29, 1.82) is 0 Å². The second kappa shape index (κ2) is 6.11. The van der Waals surface area contributed by atoms with Crippen molar-refractivity contribution in [1.82, 2.24) is 11.0 Å². The van der Waals surface area contributed by atoms with Gasteiger partial charge in [-0.05, 0) is 36.5 Å². The van der Waals surface area contributed by atoms with E-state index in [1.807, 2.05) is 65.6 Å². The van der Waals surface area contributed by atoms with Crippen LogP contribution in [0.2, 0.25) is 0 Å². The Balaban J connectivity index is 2.38. The fourth-order valence-electron chi connectivity index (χ4n) is 1.66. The molecular formula is C13H14N4S. The molecular weight excluding hydrogens is 244 g/mol. The maximum atomic E-state index is 5.31. The molecule has 0 bridgehead atoms. The molecule has 0 aliphatic rings. The summed E-state index contributed by atoms with van der Waals surface area (Å²) in [6.45, 7) is 0. The van der Waals surface area contributed by atoms with Crippen LogP contribution in [-0.2, 0) is 0 Å². The summed E-state index contributed by atoms with van der Waals surface area (Å²) < 4.78 is 0. The van der Waals surface area contributed by atoms with Crippen molar-refractivity contribution in [3.8, 4) is 0 Å². The Labute approximate surface area is 111 Å². The predicted octanol–water partition coefficient (Wildman–Crippen LogP) is 2.08. The lowest BCUT2D eigenvalue weighted by atomic mass is 10.2. The number of nitrogens with one attached hydrogen (secondary N) is 2. The van der Waals surface area contributed by atoms with E-state index in [9.17, 15) is 0 Å². The second-order valence-electron chi connectivity index (χ2n) is 3.58. The first kappa shape index (κ1) is 12.5. The molecule has 2 aromatic carbocycles. The summed E-state index contributed by atoms with van der Waals surface area (Å²) in [6.07, 6.45) is 0. The van der Waals surface area contributed by atoms with E-state index in [0.717, 1.165) is 11.4 Å². The quantitative estimate of drug-likeness (QED) is 0.447. The standard InChI is InChI=1S/C13H14N4S/c14-16-15-13(18)17(11-7-3-1-4-8-11)12-9-5-2-6-10-12/h1-10,16H,14H2,(H,15,18). The van der Waals surface area contributed by atoms with Crippen LogP contribution < -0.4 is 21.7 Å². The van der Waals surface area contributed by atoms with Crippen molar-refractivity contribution < 1.29 is 0 Å². The van der Waals surface area contributed by atoms with Crippen LogP contribution in [0.25, 0.3) is 0 Å². The van der Waals surface area contributed by atoms with Crippen molar-refractivity contribution in [2.75, 3.05) is 4.90 Å². The van der Waals surface area contributed by atoms with Gasteiger partial charge >= 0.3 is 0 Å². The monoisotopic (exact) mass is 258 g/mol. The van der Waals surface area contributed by atoms with Gasteiger partial charge in [-0.25, -0.2) is 0 Å². The number of hydrazine groups is 2. The number of para-hydroxylation sites is 2. The molecule has 4 N–H and O–H groups in total. The minimum Gasteiger partial charge on any atom is -0.287 e. The summed E-state index contributed by atoms with van der Waals surface area (Å²) >= 11 is 5.31. The summed E-state index contributed by atoms with van der Waals surface area (Å²) in [5.74, 6) is 5.25. The molecule has 4 nitrogen and oxygen atoms in total. The summed E-state index contributed by atoms with van der Waals surface area (Å²) in [5.41, 5.74) is 7.02. The van der Waals surface area contributed by atoms with E-state index in [1.165, 1.54) is 0 Å². The number of anilines is 2. The summed E-state index contributed by atoms with van der Waals surface area (Å²) in [6, 6.07) is 19.7. The van der Waals surface area contributed by atoms with E-state index < -0.39 is 0 Å². The number of hydrogen-bond donors (Lipinski definition) is 3. The van der Waals surface area contributed by atoms with Crippen LogP contribution in [0.5, 0.6) is 0 Å². The summed E-state index contributed by atoms with van der Waals surface area (Å²) in [7, 11) is 0. The maximum Gasteiger partial charge on any atom is 0.193 e. The highest BCUT2D eigenvalue weighted by atomic mass is 32.1. The molecule has 0 fully saturated rings. The van der Waals surface area contributed by atoms with E-state index in [1.54, 1.807) is 0 Å². The molecule has 5 heteroatoms. The first-order valence-corrected chi connectivity index (χ1v) is 5.89. The third-order valence-electron chi connectivity index (χ3n) is 2.41. The molecule has 0 saturated carbocycles. The fourth-order valence-corrected chi connectivity index (χ4v) is 1.93. The first-order chi connectivity index (χ1) is 8.83. The van der Waals surface area contributed by atoms with Crippen molar-refractivity contribution in [2.45, 2.75) is 0 Å². The van der Waals surface area contributed by atoms with Crippen LogP contribution in [0, 0.1) is 0 Å². The van der Waals surface area contributed by atoms with Gasteiger partial charge in [-0.1, -0.05) is 36.4 Å². The molecule has 92 valence electrons. The molecule has 0 aliphatic heterocycles. The van der Waals surface area contributed by atoms with Crippen molar-refractivity contribution >= 4 is 28.7 Å². The summed E-state index contributed by atoms with van der Waals surface area (Å²) in [5, 5.41) is 0.481. The minimum atomic E-state index is 0.481. The topological polar surface area (TPSA) is 53.3 Å². The lowest BCUT2D eigenvalue weighted by Gasteiger charge is -2.25. The van der Waals surface area contributed by atoms with Gasteiger partial charge in [0.05, 0.1) is 0 Å². The van der Waals surface area contributed by atoms with Crippen LogP contribution in [0.4, 0.5) is 11.4 Å². The van der Waals surface area contributed by atoms with Crippen LogP contribution >= 0.6 is 12.2 Å². The maximum absolute atomic E-state index is 5.31. The van der Waals surface area contributed by atoms with Gasteiger partial charge in [0, 0.05) is 11.4 Å². The van der Waals surface area contributed by atoms with E-state index in [-0.39, 0.29) is 0 Å². The Morgan fingerprint density at radius 1 is 0.889 bits per heavy atom. The van der Waals surface area contributed by atoms with Gasteiger partial charge in [-0.15, -0.1) is 0 Å². The zero-order chi connectivity index (χ0) is 12.8. The molecule has 18 heavy (non-hydrogen) atoms. The number of nitrogens with two attached hydrogens (primary N) is 1. The average molecular weight is 258 g/mol. The Morgan fingerprint density at radius 3 is 1.72 bits per heavy atom. The van der Waals surface area contributed by atoms with E-state index in [2.05, 4.69) is 11.0 Å². The number of hydrogen-bond acceptors (Lipinski definition) is 3. The largest absolute Gasteiger partial charge is 0.287 e. The van der Waals surface area contributed by atoms with Crippen molar-refractivity contribution in [2.24, 2.45) is 5.84 Å². The van der Waals surface area contributed by atoms with Gasteiger partial charge in [0.1, 0.15) is 0 Å². The zero-order valence-corrected chi connectivity index (χ0v) is 10.5. The number of benzene rings is 2. The molecule has 0 saturated heterocycles. The highest BCUT2D eigenvalue weighted by molar-refractivity contribution is 7.80. The van der Waals surface area contributed by atoms with E-state index >= 15 is 0 Å². The van der Waals surface area contributed by atoms with Crippen molar-refractivity contribution in [3.05, 3.63) is 60.7 Å². The Hall–Kier alpha value is -1.95. The Morgan fingerprint density at radius 2 is 1.33 bits per heavy atom. The molecule has 2 rings (SSSR count). The lowest BCUT2D eigenvalue weighted by Crippen LogP contribution is -2.47. The van der Waals surface area contributed by atoms with Gasteiger partial charge in [0.2, 0.25) is 0 Å². The molecule has 0 heterocycles. The average Bonchev–Trinajstić information content (AvgIpc) is 2.42.